The van der Waals surface area contributed by atoms with Crippen molar-refractivity contribution in [3.05, 3.63) is 73.3 Å². The summed E-state index contributed by atoms with van der Waals surface area (Å²) in [5.41, 5.74) is 6.33. The molecule has 0 unspecified atom stereocenters. The second-order valence-corrected chi connectivity index (χ2v) is 6.76. The minimum Gasteiger partial charge on any atom is -0.335 e. The molecule has 0 aliphatic carbocycles. The lowest BCUT2D eigenvalue weighted by molar-refractivity contribution is 1.10. The first-order chi connectivity index (χ1) is 14.9. The van der Waals surface area contributed by atoms with E-state index in [0.29, 0.717) is 17.2 Å². The Bertz CT molecular complexity index is 1490. The van der Waals surface area contributed by atoms with Gasteiger partial charge in [-0.1, -0.05) is 12.1 Å². The van der Waals surface area contributed by atoms with Gasteiger partial charge in [0.15, 0.2) is 11.5 Å². The highest BCUT2D eigenvalue weighted by Gasteiger charge is 2.17. The van der Waals surface area contributed by atoms with Crippen LogP contribution in [0.3, 0.4) is 0 Å². The van der Waals surface area contributed by atoms with Gasteiger partial charge in [-0.15, -0.1) is 0 Å². The van der Waals surface area contributed by atoms with E-state index in [1.54, 1.807) is 24.8 Å². The van der Waals surface area contributed by atoms with Gasteiger partial charge in [0.2, 0.25) is 0 Å². The molecule has 0 bridgehead atoms. The fourth-order valence-electron chi connectivity index (χ4n) is 3.51. The predicted octanol–water partition coefficient (Wildman–Crippen LogP) is 4.02. The predicted molar refractivity (Wildman–Crippen MR) is 113 cm³/mol. The van der Waals surface area contributed by atoms with Gasteiger partial charge in [0.25, 0.3) is 0 Å². The van der Waals surface area contributed by atoms with Crippen molar-refractivity contribution in [2.24, 2.45) is 0 Å². The number of aromatic amines is 2. The summed E-state index contributed by atoms with van der Waals surface area (Å²) in [6.45, 7) is 0. The molecular formula is C22H14N8. The molecule has 0 fully saturated rings. The average molecular weight is 390 g/mol. The highest BCUT2D eigenvalue weighted by molar-refractivity contribution is 5.96. The topological polar surface area (TPSA) is 109 Å². The van der Waals surface area contributed by atoms with Gasteiger partial charge in [0.1, 0.15) is 5.69 Å². The van der Waals surface area contributed by atoms with Crippen LogP contribution < -0.4 is 0 Å². The van der Waals surface area contributed by atoms with E-state index in [4.69, 9.17) is 0 Å². The highest BCUT2D eigenvalue weighted by Crippen LogP contribution is 2.30. The van der Waals surface area contributed by atoms with E-state index in [-0.39, 0.29) is 0 Å². The van der Waals surface area contributed by atoms with Crippen LogP contribution in [-0.2, 0) is 0 Å². The van der Waals surface area contributed by atoms with Gasteiger partial charge in [0, 0.05) is 29.5 Å². The number of hydrogen-bond acceptors (Lipinski definition) is 6. The first kappa shape index (κ1) is 16.5. The summed E-state index contributed by atoms with van der Waals surface area (Å²) in [6.07, 6.45) is 7.02. The monoisotopic (exact) mass is 390 g/mol. The third-order valence-corrected chi connectivity index (χ3v) is 4.93. The van der Waals surface area contributed by atoms with Crippen molar-refractivity contribution in [2.75, 3.05) is 0 Å². The Morgan fingerprint density at radius 1 is 0.733 bits per heavy atom. The van der Waals surface area contributed by atoms with Gasteiger partial charge in [0.05, 0.1) is 34.3 Å². The SMILES string of the molecule is c1ccc(-c2cc3c(-c4nc5nccc(-c6ccccn6)c5[nH]4)n[nH]c3cn2)nc1. The van der Waals surface area contributed by atoms with Crippen LogP contribution in [-0.4, -0.2) is 40.1 Å². The van der Waals surface area contributed by atoms with Gasteiger partial charge in [-0.3, -0.25) is 20.1 Å². The maximum absolute atomic E-state index is 4.68. The van der Waals surface area contributed by atoms with Gasteiger partial charge in [-0.2, -0.15) is 5.10 Å². The second kappa shape index (κ2) is 6.56. The maximum Gasteiger partial charge on any atom is 0.178 e. The molecule has 0 radical (unpaired) electrons. The number of fused-ring (bicyclic) bond motifs is 2. The number of imidazole rings is 1. The molecule has 0 aliphatic rings. The lowest BCUT2D eigenvalue weighted by atomic mass is 10.1. The number of hydrogen-bond donors (Lipinski definition) is 2. The number of nitrogens with one attached hydrogen (secondary N) is 2. The molecule has 0 saturated carbocycles. The van der Waals surface area contributed by atoms with Crippen LogP contribution >= 0.6 is 0 Å². The van der Waals surface area contributed by atoms with Crippen LogP contribution in [0, 0.1) is 0 Å². The minimum absolute atomic E-state index is 0.614. The van der Waals surface area contributed by atoms with Crippen LogP contribution in [0.1, 0.15) is 0 Å². The molecule has 8 nitrogen and oxygen atoms in total. The molecule has 0 aliphatic heterocycles. The van der Waals surface area contributed by atoms with Gasteiger partial charge in [-0.25, -0.2) is 9.97 Å². The zero-order valence-corrected chi connectivity index (χ0v) is 15.6. The highest BCUT2D eigenvalue weighted by atomic mass is 15.1. The van der Waals surface area contributed by atoms with Crippen molar-refractivity contribution in [3.63, 3.8) is 0 Å². The molecule has 6 heterocycles. The van der Waals surface area contributed by atoms with E-state index in [9.17, 15) is 0 Å². The third kappa shape index (κ3) is 2.62. The minimum atomic E-state index is 0.614. The van der Waals surface area contributed by atoms with Crippen molar-refractivity contribution in [1.29, 1.82) is 0 Å². The van der Waals surface area contributed by atoms with E-state index in [1.165, 1.54) is 0 Å². The van der Waals surface area contributed by atoms with Crippen molar-refractivity contribution >= 4 is 22.1 Å². The number of rotatable bonds is 3. The fraction of sp³-hybridized carbons (Fsp3) is 0. The molecule has 6 rings (SSSR count). The fourth-order valence-corrected chi connectivity index (χ4v) is 3.51. The summed E-state index contributed by atoms with van der Waals surface area (Å²) >= 11 is 0. The zero-order valence-electron chi connectivity index (χ0n) is 15.6. The van der Waals surface area contributed by atoms with Crippen LogP contribution in [0.15, 0.2) is 73.3 Å². The van der Waals surface area contributed by atoms with E-state index >= 15 is 0 Å². The average Bonchev–Trinajstić information content (AvgIpc) is 3.43. The van der Waals surface area contributed by atoms with Crippen molar-refractivity contribution < 1.29 is 0 Å². The number of nitrogens with zero attached hydrogens (tertiary/aromatic N) is 6. The molecule has 0 amide bonds. The molecule has 0 aromatic carbocycles. The van der Waals surface area contributed by atoms with Crippen molar-refractivity contribution in [3.8, 4) is 34.2 Å². The van der Waals surface area contributed by atoms with E-state index in [1.807, 2.05) is 48.5 Å². The Morgan fingerprint density at radius 3 is 2.37 bits per heavy atom. The Labute approximate surface area is 170 Å². The molecule has 6 aromatic heterocycles. The summed E-state index contributed by atoms with van der Waals surface area (Å²) in [5, 5.41) is 8.41. The third-order valence-electron chi connectivity index (χ3n) is 4.93. The zero-order chi connectivity index (χ0) is 19.9. The number of pyridine rings is 4. The summed E-state index contributed by atoms with van der Waals surface area (Å²) in [6, 6.07) is 15.5. The molecule has 0 spiro atoms. The maximum atomic E-state index is 4.68. The summed E-state index contributed by atoms with van der Waals surface area (Å²) < 4.78 is 0. The lowest BCUT2D eigenvalue weighted by Gasteiger charge is -2.00. The Balaban J connectivity index is 1.52. The largest absolute Gasteiger partial charge is 0.335 e. The Morgan fingerprint density at radius 2 is 1.57 bits per heavy atom. The molecule has 2 N–H and O–H groups in total. The number of aromatic nitrogens is 8. The first-order valence-electron chi connectivity index (χ1n) is 9.39. The molecule has 6 aromatic rings. The summed E-state index contributed by atoms with van der Waals surface area (Å²) in [7, 11) is 0. The van der Waals surface area contributed by atoms with Gasteiger partial charge >= 0.3 is 0 Å². The van der Waals surface area contributed by atoms with E-state index in [0.717, 1.165) is 39.1 Å². The summed E-state index contributed by atoms with van der Waals surface area (Å²) in [5.74, 6) is 0.630. The normalized spacial score (nSPS) is 11.3. The van der Waals surface area contributed by atoms with Gasteiger partial charge < -0.3 is 4.98 Å². The molecule has 30 heavy (non-hydrogen) atoms. The van der Waals surface area contributed by atoms with E-state index in [2.05, 4.69) is 40.1 Å². The van der Waals surface area contributed by atoms with Crippen LogP contribution in [0.25, 0.3) is 56.2 Å². The van der Waals surface area contributed by atoms with Gasteiger partial charge in [-0.05, 0) is 36.4 Å². The molecular weight excluding hydrogens is 376 g/mol. The first-order valence-corrected chi connectivity index (χ1v) is 9.39. The van der Waals surface area contributed by atoms with Crippen LogP contribution in [0.4, 0.5) is 0 Å². The quantitative estimate of drug-likeness (QED) is 0.472. The van der Waals surface area contributed by atoms with E-state index < -0.39 is 0 Å². The van der Waals surface area contributed by atoms with Crippen molar-refractivity contribution in [1.82, 2.24) is 40.1 Å². The van der Waals surface area contributed by atoms with Crippen LogP contribution in [0.5, 0.6) is 0 Å². The van der Waals surface area contributed by atoms with Crippen molar-refractivity contribution in [2.45, 2.75) is 0 Å². The molecule has 8 heteroatoms. The molecule has 0 saturated heterocycles. The smallest absolute Gasteiger partial charge is 0.178 e. The standard InChI is InChI=1S/C22H14N8/c1-3-8-23-15(5-1)13-7-10-25-21-19(13)27-22(28-21)20-14-11-17(16-6-2-4-9-24-16)26-12-18(14)29-30-20/h1-12H,(H,29,30)(H,25,27,28). The second-order valence-electron chi connectivity index (χ2n) is 6.76. The molecule has 0 atom stereocenters. The van der Waals surface area contributed by atoms with Crippen LogP contribution in [0.2, 0.25) is 0 Å². The lowest BCUT2D eigenvalue weighted by Crippen LogP contribution is -1.87. The Hall–Kier alpha value is -4.46. The summed E-state index contributed by atoms with van der Waals surface area (Å²) in [4.78, 5) is 25.8. The molecule has 142 valence electrons. The number of H-pyrrole nitrogens is 2. The Kier molecular flexibility index (Phi) is 3.60.